The van der Waals surface area contributed by atoms with Crippen molar-refractivity contribution < 1.29 is 9.59 Å². The van der Waals surface area contributed by atoms with Gasteiger partial charge < -0.3 is 0 Å². The van der Waals surface area contributed by atoms with Crippen molar-refractivity contribution in [1.29, 1.82) is 0 Å². The lowest BCUT2D eigenvalue weighted by Crippen LogP contribution is -2.29. The summed E-state index contributed by atoms with van der Waals surface area (Å²) >= 11 is 0. The molecule has 0 saturated heterocycles. The molecule has 0 aliphatic carbocycles. The van der Waals surface area contributed by atoms with E-state index in [-0.39, 0.29) is 11.7 Å². The zero-order valence-electron chi connectivity index (χ0n) is 13.4. The lowest BCUT2D eigenvalue weighted by Gasteiger charge is -2.11. The van der Waals surface area contributed by atoms with Gasteiger partial charge in [-0.1, -0.05) is 18.2 Å². The Hall–Kier alpha value is -3.15. The second-order valence-electron chi connectivity index (χ2n) is 5.45. The monoisotopic (exact) mass is 320 g/mol. The molecule has 1 aliphatic heterocycles. The summed E-state index contributed by atoms with van der Waals surface area (Å²) in [4.78, 5) is 23.8. The number of anilines is 1. The molecule has 0 saturated carbocycles. The van der Waals surface area contributed by atoms with Crippen molar-refractivity contribution in [2.45, 2.75) is 19.9 Å². The van der Waals surface area contributed by atoms with Crippen molar-refractivity contribution in [1.82, 2.24) is 0 Å². The number of benzene rings is 2. The molecule has 0 fully saturated rings. The van der Waals surface area contributed by atoms with E-state index in [1.165, 1.54) is 11.9 Å². The molecule has 1 atom stereocenters. The molecule has 0 bridgehead atoms. The first-order chi connectivity index (χ1) is 11.6. The van der Waals surface area contributed by atoms with Crippen LogP contribution in [0.1, 0.15) is 24.2 Å². The molecule has 0 unspecified atom stereocenters. The average molecular weight is 320 g/mol. The van der Waals surface area contributed by atoms with Crippen molar-refractivity contribution in [2.24, 2.45) is 15.3 Å². The van der Waals surface area contributed by atoms with Crippen LogP contribution in [0.5, 0.6) is 0 Å². The van der Waals surface area contributed by atoms with Crippen LogP contribution >= 0.6 is 0 Å². The van der Waals surface area contributed by atoms with E-state index in [4.69, 9.17) is 0 Å². The Morgan fingerprint density at radius 1 is 1.08 bits per heavy atom. The van der Waals surface area contributed by atoms with Crippen LogP contribution in [0.15, 0.2) is 69.9 Å². The summed E-state index contributed by atoms with van der Waals surface area (Å²) in [6.07, 6.45) is 0. The number of ketones is 1. The number of hydrogen-bond donors (Lipinski definition) is 0. The van der Waals surface area contributed by atoms with Crippen LogP contribution in [0.2, 0.25) is 0 Å². The van der Waals surface area contributed by atoms with Crippen molar-refractivity contribution in [3.05, 3.63) is 60.2 Å². The number of nitrogens with zero attached hydrogens (tertiary/aromatic N) is 4. The van der Waals surface area contributed by atoms with Crippen LogP contribution in [0.4, 0.5) is 11.4 Å². The third kappa shape index (κ3) is 3.12. The van der Waals surface area contributed by atoms with Crippen LogP contribution in [0.3, 0.4) is 0 Å². The van der Waals surface area contributed by atoms with Crippen LogP contribution in [-0.2, 0) is 4.79 Å². The first-order valence-corrected chi connectivity index (χ1v) is 7.52. The molecule has 3 rings (SSSR count). The molecule has 0 N–H and O–H groups in total. The van der Waals surface area contributed by atoms with Crippen molar-refractivity contribution in [3.8, 4) is 0 Å². The zero-order valence-corrected chi connectivity index (χ0v) is 13.4. The fraction of sp³-hybridized carbons (Fsp3) is 0.167. The highest BCUT2D eigenvalue weighted by Crippen LogP contribution is 2.23. The van der Waals surface area contributed by atoms with Crippen molar-refractivity contribution in [2.75, 3.05) is 5.01 Å². The summed E-state index contributed by atoms with van der Waals surface area (Å²) in [5.41, 5.74) is 2.48. The highest BCUT2D eigenvalue weighted by atomic mass is 16.2. The number of Topliss-reactive ketones (excluding diaryl/α,β-unsaturated/α-hetero) is 1. The van der Waals surface area contributed by atoms with E-state index in [9.17, 15) is 9.59 Å². The van der Waals surface area contributed by atoms with Gasteiger partial charge in [-0.25, -0.2) is 0 Å². The maximum absolute atomic E-state index is 12.5. The normalized spacial score (nSPS) is 17.4. The SMILES string of the molecule is CC(=O)c1ccc(N=N[C@@H]2C(=O)N(c3ccccc3)N=C2C)cc1. The van der Waals surface area contributed by atoms with Gasteiger partial charge in [0, 0.05) is 5.56 Å². The van der Waals surface area contributed by atoms with Gasteiger partial charge in [0.2, 0.25) is 0 Å². The van der Waals surface area contributed by atoms with Gasteiger partial charge in [0.25, 0.3) is 5.91 Å². The Kier molecular flexibility index (Phi) is 4.29. The second kappa shape index (κ2) is 6.54. The second-order valence-corrected chi connectivity index (χ2v) is 5.45. The number of azo groups is 1. The summed E-state index contributed by atoms with van der Waals surface area (Å²) in [5, 5.41) is 13.8. The summed E-state index contributed by atoms with van der Waals surface area (Å²) < 4.78 is 0. The largest absolute Gasteiger partial charge is 0.295 e. The zero-order chi connectivity index (χ0) is 17.1. The topological polar surface area (TPSA) is 74.5 Å². The standard InChI is InChI=1S/C18H16N4O2/c1-12-17(18(24)22(21-12)16-6-4-3-5-7-16)20-19-15-10-8-14(9-11-15)13(2)23/h3-11,17H,1-2H3/t17-/m0/s1. The van der Waals surface area contributed by atoms with E-state index in [1.807, 2.05) is 30.3 Å². The van der Waals surface area contributed by atoms with Crippen LogP contribution in [-0.4, -0.2) is 23.4 Å². The molecule has 24 heavy (non-hydrogen) atoms. The number of carbonyl (C=O) groups excluding carboxylic acids is 2. The van der Waals surface area contributed by atoms with Crippen LogP contribution in [0, 0.1) is 0 Å². The molecular weight excluding hydrogens is 304 g/mol. The Balaban J connectivity index is 1.77. The van der Waals surface area contributed by atoms with Gasteiger partial charge in [-0.05, 0) is 50.2 Å². The van der Waals surface area contributed by atoms with Crippen LogP contribution in [0.25, 0.3) is 0 Å². The molecule has 0 aromatic heterocycles. The molecular formula is C18H16N4O2. The lowest BCUT2D eigenvalue weighted by atomic mass is 10.1. The number of hydrazone groups is 1. The number of rotatable bonds is 4. The number of carbonyl (C=O) groups is 2. The van der Waals surface area contributed by atoms with Gasteiger partial charge in [-0.2, -0.15) is 20.3 Å². The smallest absolute Gasteiger partial charge is 0.280 e. The lowest BCUT2D eigenvalue weighted by molar-refractivity contribution is -0.117. The molecule has 2 aromatic carbocycles. The molecule has 1 aliphatic rings. The van der Waals surface area contributed by atoms with Gasteiger partial charge >= 0.3 is 0 Å². The maximum atomic E-state index is 12.5. The van der Waals surface area contributed by atoms with Gasteiger partial charge in [-0.3, -0.25) is 9.59 Å². The molecule has 120 valence electrons. The molecule has 1 heterocycles. The minimum atomic E-state index is -0.724. The summed E-state index contributed by atoms with van der Waals surface area (Å²) in [5.74, 6) is -0.242. The highest BCUT2D eigenvalue weighted by Gasteiger charge is 2.34. The average Bonchev–Trinajstić information content (AvgIpc) is 2.88. The first kappa shape index (κ1) is 15.7. The van der Waals surface area contributed by atoms with E-state index in [0.717, 1.165) is 0 Å². The molecule has 0 spiro atoms. The summed E-state index contributed by atoms with van der Waals surface area (Å²) in [6, 6.07) is 15.2. The predicted octanol–water partition coefficient (Wildman–Crippen LogP) is 3.76. The van der Waals surface area contributed by atoms with Gasteiger partial charge in [0.1, 0.15) is 0 Å². The minimum absolute atomic E-state index is 0.00839. The van der Waals surface area contributed by atoms with E-state index >= 15 is 0 Å². The van der Waals surface area contributed by atoms with Crippen LogP contribution < -0.4 is 5.01 Å². The molecule has 6 heteroatoms. The van der Waals surface area contributed by atoms with E-state index in [2.05, 4.69) is 15.3 Å². The minimum Gasteiger partial charge on any atom is -0.295 e. The van der Waals surface area contributed by atoms with E-state index in [0.29, 0.717) is 22.6 Å². The van der Waals surface area contributed by atoms with Gasteiger partial charge in [0.05, 0.1) is 17.1 Å². The Morgan fingerprint density at radius 3 is 2.38 bits per heavy atom. The Morgan fingerprint density at radius 2 is 1.75 bits per heavy atom. The maximum Gasteiger partial charge on any atom is 0.280 e. The van der Waals surface area contributed by atoms with Crippen molar-refractivity contribution >= 4 is 28.8 Å². The van der Waals surface area contributed by atoms with Gasteiger partial charge in [0.15, 0.2) is 11.8 Å². The first-order valence-electron chi connectivity index (χ1n) is 7.52. The fourth-order valence-corrected chi connectivity index (χ4v) is 2.33. The third-order valence-corrected chi connectivity index (χ3v) is 3.66. The van der Waals surface area contributed by atoms with E-state index in [1.54, 1.807) is 31.2 Å². The Labute approximate surface area is 139 Å². The summed E-state index contributed by atoms with van der Waals surface area (Å²) in [6.45, 7) is 3.26. The highest BCUT2D eigenvalue weighted by molar-refractivity contribution is 6.18. The number of para-hydroxylation sites is 1. The van der Waals surface area contributed by atoms with E-state index < -0.39 is 6.04 Å². The quantitative estimate of drug-likeness (QED) is 0.635. The molecule has 0 radical (unpaired) electrons. The Bertz CT molecular complexity index is 826. The molecule has 1 amide bonds. The molecule has 6 nitrogen and oxygen atoms in total. The predicted molar refractivity (Wildman–Crippen MR) is 91.8 cm³/mol. The van der Waals surface area contributed by atoms with Gasteiger partial charge in [-0.15, -0.1) is 0 Å². The third-order valence-electron chi connectivity index (χ3n) is 3.66. The fourth-order valence-electron chi connectivity index (χ4n) is 2.33. The number of hydrogen-bond acceptors (Lipinski definition) is 5. The number of amides is 1. The summed E-state index contributed by atoms with van der Waals surface area (Å²) in [7, 11) is 0. The molecule has 2 aromatic rings. The van der Waals surface area contributed by atoms with Crippen molar-refractivity contribution in [3.63, 3.8) is 0 Å².